The fourth-order valence-electron chi connectivity index (χ4n) is 2.84. The molecule has 0 bridgehead atoms. The number of piperidine rings is 1. The molecule has 1 rings (SSSR count). The average molecular weight is 298 g/mol. The van der Waals surface area contributed by atoms with Crippen LogP contribution in [-0.2, 0) is 4.79 Å². The van der Waals surface area contributed by atoms with Gasteiger partial charge in [0.05, 0.1) is 0 Å². The van der Waals surface area contributed by atoms with E-state index < -0.39 is 0 Å². The Morgan fingerprint density at radius 2 is 1.90 bits per heavy atom. The van der Waals surface area contributed by atoms with Gasteiger partial charge in [0, 0.05) is 31.6 Å². The largest absolute Gasteiger partial charge is 0.338 e. The van der Waals surface area contributed by atoms with Crippen molar-refractivity contribution in [2.75, 3.05) is 47.3 Å². The van der Waals surface area contributed by atoms with Crippen molar-refractivity contribution >= 4 is 5.91 Å². The lowest BCUT2D eigenvalue weighted by atomic mass is 10.0. The molecule has 0 saturated carbocycles. The zero-order valence-electron chi connectivity index (χ0n) is 14.3. The number of likely N-dealkylation sites (tertiary alicyclic amines) is 1. The average Bonchev–Trinajstić information content (AvgIpc) is 2.40. The highest BCUT2D eigenvalue weighted by molar-refractivity contribution is 5.76. The molecule has 0 aliphatic carbocycles. The summed E-state index contributed by atoms with van der Waals surface area (Å²) in [6.07, 6.45) is 4.68. The van der Waals surface area contributed by atoms with E-state index in [1.165, 1.54) is 0 Å². The van der Waals surface area contributed by atoms with E-state index in [1.807, 2.05) is 6.92 Å². The molecule has 0 aromatic heterocycles. The van der Waals surface area contributed by atoms with E-state index >= 15 is 0 Å². The van der Waals surface area contributed by atoms with Crippen molar-refractivity contribution in [3.05, 3.63) is 0 Å². The van der Waals surface area contributed by atoms with Crippen molar-refractivity contribution in [2.45, 2.75) is 51.1 Å². The molecule has 0 aromatic rings. The quantitative estimate of drug-likeness (QED) is 0.726. The van der Waals surface area contributed by atoms with Gasteiger partial charge in [-0.3, -0.25) is 4.79 Å². The second-order valence-corrected chi connectivity index (χ2v) is 6.79. The normalized spacial score (nSPS) is 19.0. The van der Waals surface area contributed by atoms with Gasteiger partial charge < -0.3 is 20.4 Å². The summed E-state index contributed by atoms with van der Waals surface area (Å²) in [7, 11) is 6.28. The molecule has 0 radical (unpaired) electrons. The van der Waals surface area contributed by atoms with E-state index in [1.54, 1.807) is 0 Å². The van der Waals surface area contributed by atoms with Crippen molar-refractivity contribution < 1.29 is 4.79 Å². The Morgan fingerprint density at radius 1 is 1.29 bits per heavy atom. The molecular weight excluding hydrogens is 264 g/mol. The third-order valence-electron chi connectivity index (χ3n) is 4.29. The summed E-state index contributed by atoms with van der Waals surface area (Å²) in [6.45, 7) is 5.97. The Balaban J connectivity index is 2.52. The highest BCUT2D eigenvalue weighted by Crippen LogP contribution is 2.17. The standard InChI is InChI=1S/C16H34N4O/c1-14(17)6-5-7-16(21)20(13-12-18(2)3)15-8-10-19(4)11-9-15/h14-15H,5-13,17H2,1-4H3. The van der Waals surface area contributed by atoms with Crippen molar-refractivity contribution in [1.82, 2.24) is 14.7 Å². The maximum Gasteiger partial charge on any atom is 0.222 e. The Bertz CT molecular complexity index is 299. The van der Waals surface area contributed by atoms with Gasteiger partial charge in [-0.25, -0.2) is 0 Å². The Labute approximate surface area is 130 Å². The van der Waals surface area contributed by atoms with E-state index in [0.717, 1.165) is 51.9 Å². The van der Waals surface area contributed by atoms with Gasteiger partial charge in [0.2, 0.25) is 5.91 Å². The van der Waals surface area contributed by atoms with Crippen molar-refractivity contribution in [3.8, 4) is 0 Å². The van der Waals surface area contributed by atoms with Crippen LogP contribution in [-0.4, -0.2) is 80.0 Å². The number of nitrogens with two attached hydrogens (primary N) is 1. The van der Waals surface area contributed by atoms with Gasteiger partial charge in [0.25, 0.3) is 0 Å². The number of hydrogen-bond acceptors (Lipinski definition) is 4. The van der Waals surface area contributed by atoms with Gasteiger partial charge in [-0.05, 0) is 66.8 Å². The number of likely N-dealkylation sites (N-methyl/N-ethyl adjacent to an activating group) is 1. The van der Waals surface area contributed by atoms with Gasteiger partial charge in [0.1, 0.15) is 0 Å². The molecule has 0 aromatic carbocycles. The van der Waals surface area contributed by atoms with Crippen LogP contribution in [0.2, 0.25) is 0 Å². The minimum absolute atomic E-state index is 0.191. The maximum atomic E-state index is 12.6. The molecule has 5 nitrogen and oxygen atoms in total. The molecule has 124 valence electrons. The van der Waals surface area contributed by atoms with E-state index in [9.17, 15) is 4.79 Å². The van der Waals surface area contributed by atoms with E-state index in [-0.39, 0.29) is 6.04 Å². The topological polar surface area (TPSA) is 52.8 Å². The molecule has 5 heteroatoms. The first-order valence-electron chi connectivity index (χ1n) is 8.28. The summed E-state index contributed by atoms with van der Waals surface area (Å²) in [6, 6.07) is 0.611. The molecular formula is C16H34N4O. The first kappa shape index (κ1) is 18.4. The molecule has 21 heavy (non-hydrogen) atoms. The van der Waals surface area contributed by atoms with Gasteiger partial charge >= 0.3 is 0 Å². The molecule has 1 aliphatic heterocycles. The van der Waals surface area contributed by atoms with Crippen LogP contribution >= 0.6 is 0 Å². The zero-order chi connectivity index (χ0) is 15.8. The number of hydrogen-bond donors (Lipinski definition) is 1. The lowest BCUT2D eigenvalue weighted by Gasteiger charge is -2.38. The van der Waals surface area contributed by atoms with E-state index in [2.05, 4.69) is 35.8 Å². The molecule has 1 atom stereocenters. The maximum absolute atomic E-state index is 12.6. The molecule has 1 unspecified atom stereocenters. The fraction of sp³-hybridized carbons (Fsp3) is 0.938. The molecule has 1 heterocycles. The lowest BCUT2D eigenvalue weighted by Crippen LogP contribution is -2.48. The summed E-state index contributed by atoms with van der Waals surface area (Å²) in [5.74, 6) is 0.312. The first-order chi connectivity index (χ1) is 9.90. The van der Waals surface area contributed by atoms with Crippen LogP contribution in [0.4, 0.5) is 0 Å². The van der Waals surface area contributed by atoms with Gasteiger partial charge in [-0.1, -0.05) is 0 Å². The molecule has 1 amide bonds. The number of carbonyl (C=O) groups is 1. The summed E-state index contributed by atoms with van der Waals surface area (Å²) >= 11 is 0. The summed E-state index contributed by atoms with van der Waals surface area (Å²) in [5, 5.41) is 0. The Hall–Kier alpha value is -0.650. The molecule has 0 spiro atoms. The predicted octanol–water partition coefficient (Wildman–Crippen LogP) is 0.988. The second kappa shape index (κ2) is 9.38. The Morgan fingerprint density at radius 3 is 2.43 bits per heavy atom. The highest BCUT2D eigenvalue weighted by Gasteiger charge is 2.26. The molecule has 1 saturated heterocycles. The molecule has 1 fully saturated rings. The second-order valence-electron chi connectivity index (χ2n) is 6.79. The minimum atomic E-state index is 0.191. The van der Waals surface area contributed by atoms with Gasteiger partial charge in [-0.15, -0.1) is 0 Å². The van der Waals surface area contributed by atoms with Crippen molar-refractivity contribution in [2.24, 2.45) is 5.73 Å². The van der Waals surface area contributed by atoms with Crippen LogP contribution in [0.3, 0.4) is 0 Å². The van der Waals surface area contributed by atoms with Gasteiger partial charge in [-0.2, -0.15) is 0 Å². The van der Waals surface area contributed by atoms with Gasteiger partial charge in [0.15, 0.2) is 0 Å². The van der Waals surface area contributed by atoms with Crippen LogP contribution in [0.1, 0.15) is 39.0 Å². The predicted molar refractivity (Wildman–Crippen MR) is 88.3 cm³/mol. The van der Waals surface area contributed by atoms with Crippen LogP contribution in [0.25, 0.3) is 0 Å². The summed E-state index contributed by atoms with van der Waals surface area (Å²) in [4.78, 5) is 19.2. The SMILES string of the molecule is CC(N)CCCC(=O)N(CCN(C)C)C1CCN(C)CC1. The van der Waals surface area contributed by atoms with Crippen LogP contribution in [0.5, 0.6) is 0 Å². The summed E-state index contributed by atoms with van der Waals surface area (Å²) in [5.41, 5.74) is 5.77. The third-order valence-corrected chi connectivity index (χ3v) is 4.29. The van der Waals surface area contributed by atoms with E-state index in [4.69, 9.17) is 5.73 Å². The first-order valence-corrected chi connectivity index (χ1v) is 8.28. The van der Waals surface area contributed by atoms with Crippen LogP contribution in [0.15, 0.2) is 0 Å². The number of amides is 1. The van der Waals surface area contributed by atoms with Crippen LogP contribution in [0, 0.1) is 0 Å². The van der Waals surface area contributed by atoms with E-state index in [0.29, 0.717) is 18.4 Å². The smallest absolute Gasteiger partial charge is 0.222 e. The Kier molecular flexibility index (Phi) is 8.22. The van der Waals surface area contributed by atoms with Crippen LogP contribution < -0.4 is 5.73 Å². The monoisotopic (exact) mass is 298 g/mol. The van der Waals surface area contributed by atoms with Crippen molar-refractivity contribution in [1.29, 1.82) is 0 Å². The number of nitrogens with zero attached hydrogens (tertiary/aromatic N) is 3. The minimum Gasteiger partial charge on any atom is -0.338 e. The lowest BCUT2D eigenvalue weighted by molar-refractivity contribution is -0.134. The van der Waals surface area contributed by atoms with Crippen molar-refractivity contribution in [3.63, 3.8) is 0 Å². The number of carbonyl (C=O) groups excluding carboxylic acids is 1. The number of rotatable bonds is 8. The fourth-order valence-corrected chi connectivity index (χ4v) is 2.84. The molecule has 1 aliphatic rings. The molecule has 2 N–H and O–H groups in total. The highest BCUT2D eigenvalue weighted by atomic mass is 16.2. The zero-order valence-corrected chi connectivity index (χ0v) is 14.3. The third kappa shape index (κ3) is 7.25. The summed E-state index contributed by atoms with van der Waals surface area (Å²) < 4.78 is 0.